The predicted molar refractivity (Wildman–Crippen MR) is 107 cm³/mol. The summed E-state index contributed by atoms with van der Waals surface area (Å²) in [5.41, 5.74) is 2.03. The normalized spacial score (nSPS) is 18.4. The molecule has 1 atom stereocenters. The van der Waals surface area contributed by atoms with E-state index in [-0.39, 0.29) is 11.9 Å². The van der Waals surface area contributed by atoms with Gasteiger partial charge in [-0.1, -0.05) is 36.4 Å². The molecule has 5 heteroatoms. The summed E-state index contributed by atoms with van der Waals surface area (Å²) in [5, 5.41) is 2.16. The predicted octanol–water partition coefficient (Wildman–Crippen LogP) is 3.91. The molecule has 28 heavy (non-hydrogen) atoms. The van der Waals surface area contributed by atoms with Crippen LogP contribution in [0.5, 0.6) is 11.5 Å². The number of pyridine rings is 1. The first kappa shape index (κ1) is 17.0. The fraction of sp³-hybridized carbons (Fsp3) is 0.304. The molecular formula is C23H22N2O3. The number of amides is 1. The van der Waals surface area contributed by atoms with E-state index in [9.17, 15) is 4.79 Å². The maximum atomic E-state index is 13.2. The largest absolute Gasteiger partial charge is 0.486 e. The third-order valence-corrected chi connectivity index (χ3v) is 5.62. The first-order valence-electron chi connectivity index (χ1n) is 9.81. The molecular weight excluding hydrogens is 352 g/mol. The first-order valence-corrected chi connectivity index (χ1v) is 9.81. The quantitative estimate of drug-likeness (QED) is 0.697. The van der Waals surface area contributed by atoms with Gasteiger partial charge in [0.15, 0.2) is 11.5 Å². The van der Waals surface area contributed by atoms with Crippen molar-refractivity contribution in [2.45, 2.75) is 25.3 Å². The third kappa shape index (κ3) is 2.97. The number of nitrogens with zero attached hydrogens (tertiary/aromatic N) is 2. The van der Waals surface area contributed by atoms with Crippen molar-refractivity contribution in [1.82, 2.24) is 9.88 Å². The van der Waals surface area contributed by atoms with Crippen molar-refractivity contribution in [2.24, 2.45) is 0 Å². The lowest BCUT2D eigenvalue weighted by Gasteiger charge is -2.29. The summed E-state index contributed by atoms with van der Waals surface area (Å²) in [4.78, 5) is 19.6. The number of ether oxygens (including phenoxy) is 2. The number of para-hydroxylation sites is 1. The molecule has 0 N–H and O–H groups in total. The molecule has 3 aromatic rings. The minimum absolute atomic E-state index is 0.0343. The molecule has 2 aromatic carbocycles. The number of aromatic nitrogens is 1. The maximum absolute atomic E-state index is 13.2. The molecule has 0 spiro atoms. The van der Waals surface area contributed by atoms with E-state index in [1.807, 2.05) is 47.6 Å². The lowest BCUT2D eigenvalue weighted by Crippen LogP contribution is -2.32. The Labute approximate surface area is 163 Å². The third-order valence-electron chi connectivity index (χ3n) is 5.62. The van der Waals surface area contributed by atoms with Crippen molar-refractivity contribution >= 4 is 16.7 Å². The van der Waals surface area contributed by atoms with Crippen LogP contribution in [0.15, 0.2) is 54.9 Å². The van der Waals surface area contributed by atoms with Gasteiger partial charge >= 0.3 is 0 Å². The number of rotatable bonds is 3. The molecule has 1 amide bonds. The summed E-state index contributed by atoms with van der Waals surface area (Å²) in [6.07, 6.45) is 5.95. The zero-order valence-electron chi connectivity index (χ0n) is 15.6. The summed E-state index contributed by atoms with van der Waals surface area (Å²) in [6, 6.07) is 14.1. The Morgan fingerprint density at radius 2 is 1.96 bits per heavy atom. The summed E-state index contributed by atoms with van der Waals surface area (Å²) >= 11 is 0. The fourth-order valence-electron chi connectivity index (χ4n) is 4.33. The highest BCUT2D eigenvalue weighted by atomic mass is 16.6. The van der Waals surface area contributed by atoms with Gasteiger partial charge in [-0.15, -0.1) is 0 Å². The molecule has 1 fully saturated rings. The van der Waals surface area contributed by atoms with Gasteiger partial charge in [-0.05, 0) is 29.9 Å². The van der Waals surface area contributed by atoms with Gasteiger partial charge in [0, 0.05) is 29.9 Å². The van der Waals surface area contributed by atoms with Crippen molar-refractivity contribution in [2.75, 3.05) is 19.8 Å². The average molecular weight is 374 g/mol. The Morgan fingerprint density at radius 1 is 1.07 bits per heavy atom. The van der Waals surface area contributed by atoms with Gasteiger partial charge in [0.2, 0.25) is 5.91 Å². The van der Waals surface area contributed by atoms with E-state index in [1.165, 1.54) is 0 Å². The minimum Gasteiger partial charge on any atom is -0.486 e. The number of hydrogen-bond acceptors (Lipinski definition) is 4. The highest BCUT2D eigenvalue weighted by Gasteiger charge is 2.33. The molecule has 0 aliphatic carbocycles. The van der Waals surface area contributed by atoms with Crippen LogP contribution in [0.4, 0.5) is 0 Å². The SMILES string of the molecule is O=C(Cc1cncc2ccccc12)N1CCCC1c1cccc2c1OCCO2. The molecule has 0 radical (unpaired) electrons. The Morgan fingerprint density at radius 3 is 2.93 bits per heavy atom. The van der Waals surface area contributed by atoms with Crippen LogP contribution in [0.1, 0.15) is 30.0 Å². The van der Waals surface area contributed by atoms with Crippen LogP contribution in [-0.4, -0.2) is 35.5 Å². The van der Waals surface area contributed by atoms with Crippen LogP contribution in [0.25, 0.3) is 10.8 Å². The minimum atomic E-state index is 0.0343. The number of likely N-dealkylation sites (tertiary alicyclic amines) is 1. The Hall–Kier alpha value is -3.08. The van der Waals surface area contributed by atoms with Gasteiger partial charge in [-0.3, -0.25) is 9.78 Å². The van der Waals surface area contributed by atoms with Crippen LogP contribution in [0.3, 0.4) is 0 Å². The van der Waals surface area contributed by atoms with Gasteiger partial charge in [0.05, 0.1) is 12.5 Å². The molecule has 0 bridgehead atoms. The number of carbonyl (C=O) groups is 1. The van der Waals surface area contributed by atoms with Gasteiger partial charge in [0.1, 0.15) is 13.2 Å². The summed E-state index contributed by atoms with van der Waals surface area (Å²) < 4.78 is 11.6. The van der Waals surface area contributed by atoms with Crippen LogP contribution >= 0.6 is 0 Å². The van der Waals surface area contributed by atoms with Gasteiger partial charge in [-0.2, -0.15) is 0 Å². The second-order valence-corrected chi connectivity index (χ2v) is 7.31. The molecule has 1 unspecified atom stereocenters. The van der Waals surface area contributed by atoms with E-state index >= 15 is 0 Å². The van der Waals surface area contributed by atoms with E-state index in [1.54, 1.807) is 0 Å². The number of carbonyl (C=O) groups excluding carboxylic acids is 1. The molecule has 142 valence electrons. The average Bonchev–Trinajstić information content (AvgIpc) is 3.23. The molecule has 0 saturated carbocycles. The van der Waals surface area contributed by atoms with E-state index in [0.717, 1.165) is 52.8 Å². The van der Waals surface area contributed by atoms with Crippen molar-refractivity contribution in [3.05, 3.63) is 66.0 Å². The monoisotopic (exact) mass is 374 g/mol. The second-order valence-electron chi connectivity index (χ2n) is 7.31. The standard InChI is InChI=1S/C23H22N2O3/c26-22(13-17-15-24-14-16-5-1-2-6-18(16)17)25-10-4-8-20(25)19-7-3-9-21-23(19)28-12-11-27-21/h1-3,5-7,9,14-15,20H,4,8,10-13H2. The Balaban J connectivity index is 1.43. The number of benzene rings is 2. The summed E-state index contributed by atoms with van der Waals surface area (Å²) in [7, 11) is 0. The Bertz CT molecular complexity index is 1030. The summed E-state index contributed by atoms with van der Waals surface area (Å²) in [5.74, 6) is 1.71. The molecule has 1 saturated heterocycles. The van der Waals surface area contributed by atoms with E-state index in [4.69, 9.17) is 9.47 Å². The number of hydrogen-bond donors (Lipinski definition) is 0. The van der Waals surface area contributed by atoms with Crippen molar-refractivity contribution < 1.29 is 14.3 Å². The van der Waals surface area contributed by atoms with Crippen molar-refractivity contribution in [3.8, 4) is 11.5 Å². The first-order chi connectivity index (χ1) is 13.8. The van der Waals surface area contributed by atoms with Crippen LogP contribution in [0, 0.1) is 0 Å². The molecule has 1 aromatic heterocycles. The molecule has 5 nitrogen and oxygen atoms in total. The van der Waals surface area contributed by atoms with Gasteiger partial charge < -0.3 is 14.4 Å². The highest BCUT2D eigenvalue weighted by Crippen LogP contribution is 2.43. The van der Waals surface area contributed by atoms with Crippen molar-refractivity contribution in [1.29, 1.82) is 0 Å². The zero-order valence-corrected chi connectivity index (χ0v) is 15.6. The van der Waals surface area contributed by atoms with Gasteiger partial charge in [0.25, 0.3) is 0 Å². The lowest BCUT2D eigenvalue weighted by atomic mass is 10.0. The molecule has 3 heterocycles. The van der Waals surface area contributed by atoms with Crippen LogP contribution < -0.4 is 9.47 Å². The van der Waals surface area contributed by atoms with Crippen molar-refractivity contribution in [3.63, 3.8) is 0 Å². The lowest BCUT2D eigenvalue weighted by molar-refractivity contribution is -0.131. The van der Waals surface area contributed by atoms with E-state index in [2.05, 4.69) is 17.1 Å². The zero-order chi connectivity index (χ0) is 18.9. The summed E-state index contributed by atoms with van der Waals surface area (Å²) in [6.45, 7) is 1.89. The second kappa shape index (κ2) is 7.15. The van der Waals surface area contributed by atoms with E-state index < -0.39 is 0 Å². The smallest absolute Gasteiger partial charge is 0.227 e. The van der Waals surface area contributed by atoms with E-state index in [0.29, 0.717) is 19.6 Å². The number of fused-ring (bicyclic) bond motifs is 2. The maximum Gasteiger partial charge on any atom is 0.227 e. The Kier molecular flexibility index (Phi) is 4.35. The highest BCUT2D eigenvalue weighted by molar-refractivity contribution is 5.89. The molecule has 2 aliphatic rings. The fourth-order valence-corrected chi connectivity index (χ4v) is 4.33. The van der Waals surface area contributed by atoms with Crippen LogP contribution in [0.2, 0.25) is 0 Å². The topological polar surface area (TPSA) is 51.7 Å². The van der Waals surface area contributed by atoms with Gasteiger partial charge in [-0.25, -0.2) is 0 Å². The van der Waals surface area contributed by atoms with Crippen LogP contribution in [-0.2, 0) is 11.2 Å². The molecule has 5 rings (SSSR count). The molecule has 2 aliphatic heterocycles.